The Hall–Kier alpha value is -2.93. The number of fused-ring (bicyclic) bond motifs is 1. The van der Waals surface area contributed by atoms with Crippen molar-refractivity contribution in [3.05, 3.63) is 48.0 Å². The molecule has 1 fully saturated rings. The van der Waals surface area contributed by atoms with Crippen LogP contribution in [0.2, 0.25) is 0 Å². The van der Waals surface area contributed by atoms with Crippen LogP contribution in [0.15, 0.2) is 42.5 Å². The lowest BCUT2D eigenvalue weighted by atomic mass is 10.0. The molecule has 1 heterocycles. The van der Waals surface area contributed by atoms with Crippen LogP contribution < -0.4 is 5.32 Å². The molecule has 154 valence electrons. The molecule has 0 bridgehead atoms. The number of hydrogen-bond acceptors (Lipinski definition) is 4. The van der Waals surface area contributed by atoms with E-state index < -0.39 is 0 Å². The number of carbonyl (C=O) groups excluding carboxylic acids is 3. The Labute approximate surface area is 171 Å². The minimum Gasteiger partial charge on any atom is -0.348 e. The van der Waals surface area contributed by atoms with Gasteiger partial charge in [-0.3, -0.25) is 19.3 Å². The highest BCUT2D eigenvalue weighted by Crippen LogP contribution is 2.18. The largest absolute Gasteiger partial charge is 0.348 e. The van der Waals surface area contributed by atoms with Gasteiger partial charge in [0.25, 0.3) is 0 Å². The molecule has 0 aromatic heterocycles. The molecule has 1 N–H and O–H groups in total. The van der Waals surface area contributed by atoms with Crippen LogP contribution in [0, 0.1) is 0 Å². The highest BCUT2D eigenvalue weighted by molar-refractivity contribution is 5.91. The van der Waals surface area contributed by atoms with Crippen molar-refractivity contribution in [2.24, 2.45) is 0 Å². The number of piperazine rings is 1. The molecule has 7 nitrogen and oxygen atoms in total. The molecule has 1 aliphatic rings. The minimum atomic E-state index is -0.162. The van der Waals surface area contributed by atoms with E-state index in [2.05, 4.69) is 5.32 Å². The van der Waals surface area contributed by atoms with Crippen molar-refractivity contribution in [2.45, 2.75) is 6.42 Å². The summed E-state index contributed by atoms with van der Waals surface area (Å²) in [7, 11) is 3.48. The molecular formula is C22H28N4O3. The van der Waals surface area contributed by atoms with Crippen molar-refractivity contribution >= 4 is 28.5 Å². The van der Waals surface area contributed by atoms with Gasteiger partial charge in [0.2, 0.25) is 17.7 Å². The SMILES string of the molecule is CN(C)C(=O)CN1CCN(C(=O)CNC(=O)Cc2cccc3ccccc23)CC1. The van der Waals surface area contributed by atoms with Crippen LogP contribution >= 0.6 is 0 Å². The molecular weight excluding hydrogens is 368 g/mol. The Morgan fingerprint density at radius 1 is 0.966 bits per heavy atom. The zero-order valence-electron chi connectivity index (χ0n) is 17.1. The second kappa shape index (κ2) is 9.52. The Morgan fingerprint density at radius 3 is 2.38 bits per heavy atom. The lowest BCUT2D eigenvalue weighted by Gasteiger charge is -2.34. The fourth-order valence-corrected chi connectivity index (χ4v) is 3.46. The number of amides is 3. The van der Waals surface area contributed by atoms with E-state index in [4.69, 9.17) is 0 Å². The zero-order chi connectivity index (χ0) is 20.8. The summed E-state index contributed by atoms with van der Waals surface area (Å²) in [5.74, 6) is -0.190. The molecule has 7 heteroatoms. The number of nitrogens with one attached hydrogen (secondary N) is 1. The van der Waals surface area contributed by atoms with E-state index in [9.17, 15) is 14.4 Å². The highest BCUT2D eigenvalue weighted by Gasteiger charge is 2.23. The molecule has 2 aromatic carbocycles. The summed E-state index contributed by atoms with van der Waals surface area (Å²) in [4.78, 5) is 41.9. The summed E-state index contributed by atoms with van der Waals surface area (Å²) >= 11 is 0. The first kappa shape index (κ1) is 20.8. The van der Waals surface area contributed by atoms with E-state index in [0.717, 1.165) is 16.3 Å². The first-order valence-corrected chi connectivity index (χ1v) is 9.87. The van der Waals surface area contributed by atoms with Gasteiger partial charge in [0.15, 0.2) is 0 Å². The molecule has 0 radical (unpaired) electrons. The number of carbonyl (C=O) groups is 3. The van der Waals surface area contributed by atoms with Crippen LogP contribution in [0.5, 0.6) is 0 Å². The summed E-state index contributed by atoms with van der Waals surface area (Å²) in [5, 5.41) is 4.90. The van der Waals surface area contributed by atoms with E-state index >= 15 is 0 Å². The smallest absolute Gasteiger partial charge is 0.242 e. The van der Waals surface area contributed by atoms with Crippen molar-refractivity contribution in [2.75, 3.05) is 53.4 Å². The Bertz CT molecular complexity index is 883. The third-order valence-corrected chi connectivity index (χ3v) is 5.25. The van der Waals surface area contributed by atoms with E-state index in [0.29, 0.717) is 32.7 Å². The van der Waals surface area contributed by atoms with Gasteiger partial charge in [0.1, 0.15) is 0 Å². The molecule has 0 aliphatic carbocycles. The quantitative estimate of drug-likeness (QED) is 0.781. The van der Waals surface area contributed by atoms with E-state index in [-0.39, 0.29) is 30.7 Å². The van der Waals surface area contributed by atoms with E-state index in [1.54, 1.807) is 23.9 Å². The molecule has 1 aliphatic heterocycles. The van der Waals surface area contributed by atoms with Gasteiger partial charge in [0, 0.05) is 40.3 Å². The van der Waals surface area contributed by atoms with Gasteiger partial charge in [0.05, 0.1) is 19.5 Å². The topological polar surface area (TPSA) is 73.0 Å². The standard InChI is InChI=1S/C22H28N4O3/c1-24(2)22(29)16-25-10-12-26(13-11-25)21(28)15-23-20(27)14-18-8-5-7-17-6-3-4-9-19(17)18/h3-9H,10-16H2,1-2H3,(H,23,27). The van der Waals surface area contributed by atoms with Gasteiger partial charge in [-0.05, 0) is 16.3 Å². The van der Waals surface area contributed by atoms with Crippen LogP contribution in [-0.4, -0.2) is 85.8 Å². The molecule has 0 unspecified atom stereocenters. The van der Waals surface area contributed by atoms with Crippen LogP contribution in [0.25, 0.3) is 10.8 Å². The maximum Gasteiger partial charge on any atom is 0.242 e. The molecule has 0 saturated carbocycles. The van der Waals surface area contributed by atoms with Crippen molar-refractivity contribution in [3.63, 3.8) is 0 Å². The summed E-state index contributed by atoms with van der Waals surface area (Å²) in [6, 6.07) is 13.9. The van der Waals surface area contributed by atoms with Crippen LogP contribution in [0.4, 0.5) is 0 Å². The number of hydrogen-bond donors (Lipinski definition) is 1. The lowest BCUT2D eigenvalue weighted by Crippen LogP contribution is -2.52. The van der Waals surface area contributed by atoms with Crippen molar-refractivity contribution in [1.82, 2.24) is 20.0 Å². The van der Waals surface area contributed by atoms with Gasteiger partial charge < -0.3 is 15.1 Å². The van der Waals surface area contributed by atoms with Crippen LogP contribution in [-0.2, 0) is 20.8 Å². The van der Waals surface area contributed by atoms with Gasteiger partial charge in [-0.25, -0.2) is 0 Å². The molecule has 2 aromatic rings. The Morgan fingerprint density at radius 2 is 1.66 bits per heavy atom. The fraction of sp³-hybridized carbons (Fsp3) is 0.409. The molecule has 0 atom stereocenters. The number of benzene rings is 2. The maximum absolute atomic E-state index is 12.4. The normalized spacial score (nSPS) is 14.6. The predicted octanol–water partition coefficient (Wildman–Crippen LogP) is 0.731. The molecule has 29 heavy (non-hydrogen) atoms. The van der Waals surface area contributed by atoms with Crippen molar-refractivity contribution in [3.8, 4) is 0 Å². The second-order valence-corrected chi connectivity index (χ2v) is 7.54. The average molecular weight is 396 g/mol. The van der Waals surface area contributed by atoms with E-state index in [1.807, 2.05) is 47.4 Å². The first-order valence-electron chi connectivity index (χ1n) is 9.87. The Balaban J connectivity index is 1.45. The first-order chi connectivity index (χ1) is 13.9. The summed E-state index contributed by atoms with van der Waals surface area (Å²) in [5.41, 5.74) is 0.951. The van der Waals surface area contributed by atoms with Crippen molar-refractivity contribution in [1.29, 1.82) is 0 Å². The molecule has 3 rings (SSSR count). The number of nitrogens with zero attached hydrogens (tertiary/aromatic N) is 3. The molecule has 3 amide bonds. The van der Waals surface area contributed by atoms with Gasteiger partial charge in [-0.2, -0.15) is 0 Å². The third kappa shape index (κ3) is 5.54. The van der Waals surface area contributed by atoms with Crippen LogP contribution in [0.1, 0.15) is 5.56 Å². The predicted molar refractivity (Wildman–Crippen MR) is 112 cm³/mol. The van der Waals surface area contributed by atoms with Gasteiger partial charge >= 0.3 is 0 Å². The number of likely N-dealkylation sites (N-methyl/N-ethyl adjacent to an activating group) is 1. The monoisotopic (exact) mass is 396 g/mol. The maximum atomic E-state index is 12.4. The summed E-state index contributed by atoms with van der Waals surface area (Å²) in [6.45, 7) is 2.83. The number of rotatable bonds is 6. The second-order valence-electron chi connectivity index (χ2n) is 7.54. The lowest BCUT2D eigenvalue weighted by molar-refractivity contribution is -0.135. The van der Waals surface area contributed by atoms with E-state index in [1.165, 1.54) is 0 Å². The van der Waals surface area contributed by atoms with Crippen molar-refractivity contribution < 1.29 is 14.4 Å². The Kier molecular flexibility index (Phi) is 6.82. The third-order valence-electron chi connectivity index (χ3n) is 5.25. The fourth-order valence-electron chi connectivity index (χ4n) is 3.46. The zero-order valence-corrected chi connectivity index (χ0v) is 17.1. The average Bonchev–Trinajstić information content (AvgIpc) is 2.72. The van der Waals surface area contributed by atoms with Gasteiger partial charge in [-0.1, -0.05) is 42.5 Å². The molecule has 0 spiro atoms. The highest BCUT2D eigenvalue weighted by atomic mass is 16.2. The summed E-state index contributed by atoms with van der Waals surface area (Å²) in [6.07, 6.45) is 0.245. The summed E-state index contributed by atoms with van der Waals surface area (Å²) < 4.78 is 0. The van der Waals surface area contributed by atoms with Gasteiger partial charge in [-0.15, -0.1) is 0 Å². The molecule has 1 saturated heterocycles. The minimum absolute atomic E-state index is 0.000226. The van der Waals surface area contributed by atoms with Crippen LogP contribution in [0.3, 0.4) is 0 Å².